The Labute approximate surface area is 114 Å². The van der Waals surface area contributed by atoms with E-state index in [1.165, 1.54) is 4.88 Å². The van der Waals surface area contributed by atoms with Gasteiger partial charge in [-0.3, -0.25) is 0 Å². The van der Waals surface area contributed by atoms with Crippen LogP contribution in [0.1, 0.15) is 31.9 Å². The lowest BCUT2D eigenvalue weighted by Crippen LogP contribution is -1.94. The smallest absolute Gasteiger partial charge is 0.193 e. The molecule has 1 aliphatic rings. The lowest BCUT2D eigenvalue weighted by molar-refractivity contribution is -0.0413. The lowest BCUT2D eigenvalue weighted by atomic mass is 10.2. The second-order valence-corrected chi connectivity index (χ2v) is 6.63. The summed E-state index contributed by atoms with van der Waals surface area (Å²) in [6.07, 6.45) is -0.787. The Hall–Kier alpha value is -0.720. The first-order valence-electron chi connectivity index (χ1n) is 5.81. The molecule has 0 bridgehead atoms. The maximum atomic E-state index is 10.3. The van der Waals surface area contributed by atoms with Crippen molar-refractivity contribution >= 4 is 22.7 Å². The molecule has 3 heterocycles. The minimum atomic E-state index is -0.538. The number of hydrogen-bond donors (Lipinski definition) is 1. The third-order valence-electron chi connectivity index (χ3n) is 2.80. The Balaban J connectivity index is 1.80. The summed E-state index contributed by atoms with van der Waals surface area (Å²) in [5.41, 5.74) is 0. The van der Waals surface area contributed by atoms with Crippen molar-refractivity contribution in [2.24, 2.45) is 0 Å². The fourth-order valence-corrected chi connectivity index (χ4v) is 3.88. The number of aliphatic hydroxyl groups is 1. The number of ether oxygens (including phenoxy) is 2. The highest BCUT2D eigenvalue weighted by Gasteiger charge is 2.22. The highest BCUT2D eigenvalue weighted by molar-refractivity contribution is 7.13. The second-order valence-electron chi connectivity index (χ2n) is 4.16. The topological polar surface area (TPSA) is 38.7 Å². The van der Waals surface area contributed by atoms with Crippen LogP contribution >= 0.6 is 22.7 Å². The van der Waals surface area contributed by atoms with Crippen molar-refractivity contribution in [2.75, 3.05) is 13.2 Å². The highest BCUT2D eigenvalue weighted by atomic mass is 32.1. The highest BCUT2D eigenvalue weighted by Crippen LogP contribution is 2.36. The third-order valence-corrected chi connectivity index (χ3v) is 5.01. The summed E-state index contributed by atoms with van der Waals surface area (Å²) in [6.45, 7) is 3.33. The molecule has 1 unspecified atom stereocenters. The molecule has 2 aromatic rings. The van der Waals surface area contributed by atoms with E-state index < -0.39 is 6.10 Å². The zero-order valence-corrected chi connectivity index (χ0v) is 11.6. The molecule has 1 saturated heterocycles. The molecule has 0 aromatic carbocycles. The molecule has 2 aromatic heterocycles. The Bertz CT molecular complexity index is 526. The number of aryl methyl sites for hydroxylation is 1. The third kappa shape index (κ3) is 2.37. The number of aliphatic hydroxyl groups excluding tert-OH is 1. The zero-order chi connectivity index (χ0) is 12.5. The maximum Gasteiger partial charge on any atom is 0.193 e. The standard InChI is InChI=1S/C13H14O3S2/c1-8-2-3-9(17-8)12(14)10-4-5-11(18-10)13-15-6-7-16-13/h2-5,12-14H,6-7H2,1H3. The van der Waals surface area contributed by atoms with E-state index in [0.29, 0.717) is 13.2 Å². The predicted octanol–water partition coefficient (Wildman–Crippen LogP) is 3.25. The van der Waals surface area contributed by atoms with Gasteiger partial charge in [-0.2, -0.15) is 0 Å². The first-order valence-corrected chi connectivity index (χ1v) is 7.44. The molecule has 1 aliphatic heterocycles. The average molecular weight is 282 g/mol. The molecule has 0 radical (unpaired) electrons. The summed E-state index contributed by atoms with van der Waals surface area (Å²) in [5, 5.41) is 10.3. The summed E-state index contributed by atoms with van der Waals surface area (Å²) in [7, 11) is 0. The second kappa shape index (κ2) is 5.11. The molecule has 0 spiro atoms. The quantitative estimate of drug-likeness (QED) is 0.939. The van der Waals surface area contributed by atoms with Crippen molar-refractivity contribution in [1.82, 2.24) is 0 Å². The number of rotatable bonds is 3. The molecule has 1 fully saturated rings. The van der Waals surface area contributed by atoms with E-state index in [-0.39, 0.29) is 6.29 Å². The number of thiophene rings is 2. The van der Waals surface area contributed by atoms with Crippen LogP contribution < -0.4 is 0 Å². The van der Waals surface area contributed by atoms with Crippen molar-refractivity contribution in [1.29, 1.82) is 0 Å². The molecule has 1 N–H and O–H groups in total. The molecular formula is C13H14O3S2. The van der Waals surface area contributed by atoms with Gasteiger partial charge in [0.15, 0.2) is 6.29 Å². The molecule has 1 atom stereocenters. The van der Waals surface area contributed by atoms with Gasteiger partial charge >= 0.3 is 0 Å². The van der Waals surface area contributed by atoms with Crippen LogP contribution in [0.15, 0.2) is 24.3 Å². The first-order chi connectivity index (χ1) is 8.74. The van der Waals surface area contributed by atoms with Crippen molar-refractivity contribution < 1.29 is 14.6 Å². The molecule has 0 aliphatic carbocycles. The number of hydrogen-bond acceptors (Lipinski definition) is 5. The van der Waals surface area contributed by atoms with Gasteiger partial charge in [0.25, 0.3) is 0 Å². The van der Waals surface area contributed by atoms with Gasteiger partial charge in [-0.05, 0) is 31.2 Å². The lowest BCUT2D eigenvalue weighted by Gasteiger charge is -2.07. The van der Waals surface area contributed by atoms with Crippen LogP contribution in [-0.4, -0.2) is 18.3 Å². The largest absolute Gasteiger partial charge is 0.382 e. The van der Waals surface area contributed by atoms with Gasteiger partial charge in [0.2, 0.25) is 0 Å². The predicted molar refractivity (Wildman–Crippen MR) is 72.1 cm³/mol. The molecule has 0 amide bonds. The summed E-state index contributed by atoms with van der Waals surface area (Å²) in [6, 6.07) is 7.93. The summed E-state index contributed by atoms with van der Waals surface area (Å²) in [4.78, 5) is 4.15. The van der Waals surface area contributed by atoms with Crippen LogP contribution in [0.5, 0.6) is 0 Å². The van der Waals surface area contributed by atoms with Crippen LogP contribution in [0.25, 0.3) is 0 Å². The SMILES string of the molecule is Cc1ccc(C(O)c2ccc(C3OCCO3)s2)s1. The van der Waals surface area contributed by atoms with Gasteiger partial charge in [-0.25, -0.2) is 0 Å². The van der Waals surface area contributed by atoms with Crippen molar-refractivity contribution in [3.8, 4) is 0 Å². The van der Waals surface area contributed by atoms with E-state index in [0.717, 1.165) is 14.6 Å². The molecule has 3 nitrogen and oxygen atoms in total. The van der Waals surface area contributed by atoms with E-state index in [1.54, 1.807) is 22.7 Å². The van der Waals surface area contributed by atoms with Crippen LogP contribution in [0.3, 0.4) is 0 Å². The van der Waals surface area contributed by atoms with Crippen LogP contribution in [-0.2, 0) is 9.47 Å². The van der Waals surface area contributed by atoms with E-state index >= 15 is 0 Å². The monoisotopic (exact) mass is 282 g/mol. The maximum absolute atomic E-state index is 10.3. The van der Waals surface area contributed by atoms with Crippen LogP contribution in [0.4, 0.5) is 0 Å². The Morgan fingerprint density at radius 2 is 1.78 bits per heavy atom. The summed E-state index contributed by atoms with van der Waals surface area (Å²) < 4.78 is 10.9. The van der Waals surface area contributed by atoms with Gasteiger partial charge in [0.1, 0.15) is 6.10 Å². The average Bonchev–Trinajstić information content (AvgIpc) is 3.09. The molecular weight excluding hydrogens is 268 g/mol. The van der Waals surface area contributed by atoms with Crippen LogP contribution in [0.2, 0.25) is 0 Å². The molecule has 18 heavy (non-hydrogen) atoms. The van der Waals surface area contributed by atoms with Crippen molar-refractivity contribution in [3.63, 3.8) is 0 Å². The first kappa shape index (κ1) is 12.3. The fourth-order valence-electron chi connectivity index (χ4n) is 1.91. The molecule has 5 heteroatoms. The van der Waals surface area contributed by atoms with Gasteiger partial charge in [0, 0.05) is 14.6 Å². The van der Waals surface area contributed by atoms with Crippen molar-refractivity contribution in [3.05, 3.63) is 43.8 Å². The zero-order valence-electron chi connectivity index (χ0n) is 9.96. The Morgan fingerprint density at radius 3 is 2.44 bits per heavy atom. The minimum Gasteiger partial charge on any atom is -0.382 e. The molecule has 96 valence electrons. The van der Waals surface area contributed by atoms with E-state index in [9.17, 15) is 5.11 Å². The normalized spacial score (nSPS) is 18.3. The summed E-state index contributed by atoms with van der Waals surface area (Å²) in [5.74, 6) is 0. The van der Waals surface area contributed by atoms with E-state index in [2.05, 4.69) is 0 Å². The van der Waals surface area contributed by atoms with Crippen LogP contribution in [0, 0.1) is 6.92 Å². The molecule has 0 saturated carbocycles. The van der Waals surface area contributed by atoms with Gasteiger partial charge in [-0.1, -0.05) is 0 Å². The van der Waals surface area contributed by atoms with Gasteiger partial charge < -0.3 is 14.6 Å². The Morgan fingerprint density at radius 1 is 1.11 bits per heavy atom. The fraction of sp³-hybridized carbons (Fsp3) is 0.385. The minimum absolute atomic E-state index is 0.249. The van der Waals surface area contributed by atoms with E-state index in [1.807, 2.05) is 31.2 Å². The van der Waals surface area contributed by atoms with Crippen molar-refractivity contribution in [2.45, 2.75) is 19.3 Å². The van der Waals surface area contributed by atoms with E-state index in [4.69, 9.17) is 9.47 Å². The Kier molecular flexibility index (Phi) is 3.50. The van der Waals surface area contributed by atoms with Gasteiger partial charge in [0.05, 0.1) is 18.1 Å². The molecule has 3 rings (SSSR count). The summed E-state index contributed by atoms with van der Waals surface area (Å²) >= 11 is 3.18. The van der Waals surface area contributed by atoms with Gasteiger partial charge in [-0.15, -0.1) is 22.7 Å².